The zero-order chi connectivity index (χ0) is 5.15. The average Bonchev–Trinajstić information content (AvgIpc) is 1.36. The third-order valence-electron chi connectivity index (χ3n) is 0.919. The van der Waals surface area contributed by atoms with E-state index in [0.717, 1.165) is 0 Å². The highest BCUT2D eigenvalue weighted by Gasteiger charge is 2.03. The molecule has 0 nitrogen and oxygen atoms in total. The Hall–Kier alpha value is 0.355. The standard InChI is InChI=1S/C4H10BCl/c1-4(6)5(2)3/h4H,1-3H3. The summed E-state index contributed by atoms with van der Waals surface area (Å²) in [6, 6.07) is 0. The molecule has 0 amide bonds. The SMILES string of the molecule is CB(C)C(C)Cl. The summed E-state index contributed by atoms with van der Waals surface area (Å²) in [5, 5.41) is 0.324. The minimum absolute atomic E-state index is 0.324. The van der Waals surface area contributed by atoms with Gasteiger partial charge in [0.15, 0.2) is 6.71 Å². The fourth-order valence-corrected chi connectivity index (χ4v) is 0. The van der Waals surface area contributed by atoms with Gasteiger partial charge in [-0.05, 0) is 0 Å². The summed E-state index contributed by atoms with van der Waals surface area (Å²) in [4.78, 5) is 0. The Morgan fingerprint density at radius 1 is 1.50 bits per heavy atom. The monoisotopic (exact) mass is 104 g/mol. The number of hydrogen-bond donors (Lipinski definition) is 0. The van der Waals surface area contributed by atoms with Gasteiger partial charge in [0, 0.05) is 5.28 Å². The highest BCUT2D eigenvalue weighted by atomic mass is 35.5. The lowest BCUT2D eigenvalue weighted by atomic mass is 9.52. The van der Waals surface area contributed by atoms with Crippen LogP contribution in [0.4, 0.5) is 0 Å². The van der Waals surface area contributed by atoms with Crippen molar-refractivity contribution < 1.29 is 0 Å². The molecule has 0 aromatic heterocycles. The first kappa shape index (κ1) is 6.35. The van der Waals surface area contributed by atoms with Gasteiger partial charge in [0.05, 0.1) is 0 Å². The van der Waals surface area contributed by atoms with Gasteiger partial charge in [-0.1, -0.05) is 20.6 Å². The van der Waals surface area contributed by atoms with Gasteiger partial charge in [0.2, 0.25) is 0 Å². The largest absolute Gasteiger partial charge is 0.154 e. The summed E-state index contributed by atoms with van der Waals surface area (Å²) in [5.41, 5.74) is 0. The van der Waals surface area contributed by atoms with Crippen molar-refractivity contribution in [2.24, 2.45) is 0 Å². The van der Waals surface area contributed by atoms with Gasteiger partial charge in [-0.2, -0.15) is 0 Å². The fourth-order valence-electron chi connectivity index (χ4n) is 0. The van der Waals surface area contributed by atoms with Crippen molar-refractivity contribution in [2.45, 2.75) is 25.8 Å². The lowest BCUT2D eigenvalue weighted by Gasteiger charge is -1.98. The van der Waals surface area contributed by atoms with E-state index in [0.29, 0.717) is 12.0 Å². The van der Waals surface area contributed by atoms with Crippen LogP contribution in [-0.2, 0) is 0 Å². The highest BCUT2D eigenvalue weighted by Crippen LogP contribution is 1.97. The van der Waals surface area contributed by atoms with Crippen LogP contribution in [0.25, 0.3) is 0 Å². The molecule has 0 rings (SSSR count). The van der Waals surface area contributed by atoms with Crippen LogP contribution in [0, 0.1) is 0 Å². The van der Waals surface area contributed by atoms with Crippen LogP contribution < -0.4 is 0 Å². The van der Waals surface area contributed by atoms with Crippen LogP contribution in [-0.4, -0.2) is 12.0 Å². The molecule has 0 bridgehead atoms. The maximum absolute atomic E-state index is 5.61. The molecule has 36 valence electrons. The average molecular weight is 104 g/mol. The van der Waals surface area contributed by atoms with Crippen molar-refractivity contribution >= 4 is 18.3 Å². The van der Waals surface area contributed by atoms with Crippen LogP contribution in [0.2, 0.25) is 13.6 Å². The Kier molecular flexibility index (Phi) is 2.66. The second kappa shape index (κ2) is 2.51. The topological polar surface area (TPSA) is 0 Å². The van der Waals surface area contributed by atoms with Gasteiger partial charge in [0.25, 0.3) is 0 Å². The van der Waals surface area contributed by atoms with E-state index >= 15 is 0 Å². The van der Waals surface area contributed by atoms with E-state index in [9.17, 15) is 0 Å². The van der Waals surface area contributed by atoms with E-state index < -0.39 is 0 Å². The molecule has 6 heavy (non-hydrogen) atoms. The molecular formula is C4H10BCl. The van der Waals surface area contributed by atoms with E-state index in [2.05, 4.69) is 13.6 Å². The predicted octanol–water partition coefficient (Wildman–Crippen LogP) is 1.91. The van der Waals surface area contributed by atoms with Crippen molar-refractivity contribution in [3.05, 3.63) is 0 Å². The van der Waals surface area contributed by atoms with E-state index in [4.69, 9.17) is 11.6 Å². The minimum atomic E-state index is 0.324. The summed E-state index contributed by atoms with van der Waals surface area (Å²) >= 11 is 5.61. The third-order valence-corrected chi connectivity index (χ3v) is 1.42. The van der Waals surface area contributed by atoms with Crippen LogP contribution >= 0.6 is 11.6 Å². The van der Waals surface area contributed by atoms with Gasteiger partial charge in [-0.25, -0.2) is 0 Å². The molecule has 0 aliphatic carbocycles. The van der Waals surface area contributed by atoms with E-state index in [1.807, 2.05) is 6.92 Å². The molecule has 0 N–H and O–H groups in total. The molecule has 0 saturated heterocycles. The lowest BCUT2D eigenvalue weighted by Crippen LogP contribution is -2.12. The molecule has 0 aromatic rings. The molecule has 1 unspecified atom stereocenters. The molecule has 0 aliphatic rings. The first-order valence-electron chi connectivity index (χ1n) is 2.28. The number of halogens is 1. The third kappa shape index (κ3) is 2.58. The van der Waals surface area contributed by atoms with Crippen molar-refractivity contribution in [3.63, 3.8) is 0 Å². The first-order valence-corrected chi connectivity index (χ1v) is 2.72. The molecule has 0 aromatic carbocycles. The lowest BCUT2D eigenvalue weighted by molar-refractivity contribution is 1.33. The molecule has 1 atom stereocenters. The molecule has 0 saturated carbocycles. The highest BCUT2D eigenvalue weighted by molar-refractivity contribution is 6.67. The van der Waals surface area contributed by atoms with E-state index in [1.54, 1.807) is 0 Å². The fraction of sp³-hybridized carbons (Fsp3) is 1.00. The molecule has 0 spiro atoms. The smallest absolute Gasteiger partial charge is 0.132 e. The van der Waals surface area contributed by atoms with Gasteiger partial charge in [0.1, 0.15) is 0 Å². The van der Waals surface area contributed by atoms with Gasteiger partial charge in [-0.3, -0.25) is 0 Å². The second-order valence-electron chi connectivity index (χ2n) is 1.92. The van der Waals surface area contributed by atoms with Crippen LogP contribution in [0.1, 0.15) is 6.92 Å². The summed E-state index contributed by atoms with van der Waals surface area (Å²) < 4.78 is 0. The molecule has 0 fully saturated rings. The number of rotatable bonds is 1. The summed E-state index contributed by atoms with van der Waals surface area (Å²) in [7, 11) is 0. The number of alkyl halides is 1. The van der Waals surface area contributed by atoms with Crippen molar-refractivity contribution in [1.82, 2.24) is 0 Å². The molecule has 0 aliphatic heterocycles. The van der Waals surface area contributed by atoms with E-state index in [1.165, 1.54) is 0 Å². The molecule has 0 radical (unpaired) electrons. The Morgan fingerprint density at radius 2 is 1.67 bits per heavy atom. The maximum Gasteiger partial charge on any atom is 0.154 e. The zero-order valence-corrected chi connectivity index (χ0v) is 5.29. The normalized spacial score (nSPS) is 14.0. The van der Waals surface area contributed by atoms with Crippen LogP contribution in [0.15, 0.2) is 0 Å². The second-order valence-corrected chi connectivity index (χ2v) is 2.61. The van der Waals surface area contributed by atoms with Gasteiger partial charge < -0.3 is 0 Å². The molecule has 2 heteroatoms. The van der Waals surface area contributed by atoms with Crippen LogP contribution in [0.5, 0.6) is 0 Å². The Balaban J connectivity index is 2.99. The first-order chi connectivity index (χ1) is 2.64. The molecule has 0 heterocycles. The number of hydrogen-bond acceptors (Lipinski definition) is 0. The van der Waals surface area contributed by atoms with E-state index in [-0.39, 0.29) is 0 Å². The predicted molar refractivity (Wildman–Crippen MR) is 32.8 cm³/mol. The maximum atomic E-state index is 5.61. The van der Waals surface area contributed by atoms with Crippen molar-refractivity contribution in [1.29, 1.82) is 0 Å². The summed E-state index contributed by atoms with van der Waals surface area (Å²) in [6.07, 6.45) is 0. The van der Waals surface area contributed by atoms with Gasteiger partial charge >= 0.3 is 0 Å². The molecular weight excluding hydrogens is 94.3 g/mol. The quantitative estimate of drug-likeness (QED) is 0.352. The summed E-state index contributed by atoms with van der Waals surface area (Å²) in [5.74, 6) is 0. The Labute approximate surface area is 45.0 Å². The van der Waals surface area contributed by atoms with Gasteiger partial charge in [-0.15, -0.1) is 11.6 Å². The van der Waals surface area contributed by atoms with Crippen LogP contribution in [0.3, 0.4) is 0 Å². The minimum Gasteiger partial charge on any atom is -0.132 e. The zero-order valence-electron chi connectivity index (χ0n) is 4.53. The van der Waals surface area contributed by atoms with Crippen molar-refractivity contribution in [3.8, 4) is 0 Å². The van der Waals surface area contributed by atoms with Crippen molar-refractivity contribution in [2.75, 3.05) is 0 Å². The summed E-state index contributed by atoms with van der Waals surface area (Å²) in [6.45, 7) is 6.84. The Bertz CT molecular complexity index is 28.5. The Morgan fingerprint density at radius 3 is 1.67 bits per heavy atom.